The Bertz CT molecular complexity index is 3230. The molecule has 2 heterocycles. The number of thiophene rings is 1. The molecule has 3 heteroatoms. The quantitative estimate of drug-likeness (QED) is 0.162. The Morgan fingerprint density at radius 2 is 0.912 bits per heavy atom. The molecule has 9 aromatic carbocycles. The Labute approximate surface area is 335 Å². The maximum atomic E-state index is 6.71. The average Bonchev–Trinajstić information content (AvgIpc) is 3.87. The van der Waals surface area contributed by atoms with Crippen LogP contribution in [0.3, 0.4) is 0 Å². The first kappa shape index (κ1) is 33.2. The van der Waals surface area contributed by atoms with Crippen molar-refractivity contribution in [2.75, 3.05) is 4.90 Å². The Kier molecular flexibility index (Phi) is 8.04. The van der Waals surface area contributed by atoms with Gasteiger partial charge in [-0.25, -0.2) is 0 Å². The average molecular weight is 746 g/mol. The lowest BCUT2D eigenvalue weighted by atomic mass is 9.92. The molecule has 0 saturated carbocycles. The van der Waals surface area contributed by atoms with Crippen molar-refractivity contribution in [1.29, 1.82) is 0 Å². The second-order valence-corrected chi connectivity index (χ2v) is 15.5. The van der Waals surface area contributed by atoms with E-state index in [1.165, 1.54) is 59.1 Å². The van der Waals surface area contributed by atoms with Crippen molar-refractivity contribution in [1.82, 2.24) is 0 Å². The van der Waals surface area contributed by atoms with E-state index in [1.54, 1.807) is 0 Å². The van der Waals surface area contributed by atoms with Crippen molar-refractivity contribution in [2.45, 2.75) is 0 Å². The standard InChI is InChI=1S/C54H35NOS/c1-3-15-36(16-4-1)41-19-7-8-20-42(41)38-29-31-39(32-30-38)55(50-26-14-23-46-44-21-9-11-27-51(44)56-53(46)50)40-33-34-43(49(35-40)37-17-5-2-6-18-37)47-24-13-25-48-45-22-10-12-28-52(45)57-54(47)48/h1-35H. The fourth-order valence-corrected chi connectivity index (χ4v) is 9.68. The summed E-state index contributed by atoms with van der Waals surface area (Å²) < 4.78 is 9.32. The zero-order valence-electron chi connectivity index (χ0n) is 31.0. The van der Waals surface area contributed by atoms with Crippen LogP contribution in [0.15, 0.2) is 217 Å². The van der Waals surface area contributed by atoms with Crippen LogP contribution < -0.4 is 4.90 Å². The van der Waals surface area contributed by atoms with Gasteiger partial charge in [-0.1, -0.05) is 170 Å². The van der Waals surface area contributed by atoms with Crippen LogP contribution in [-0.4, -0.2) is 0 Å². The normalized spacial score (nSPS) is 11.5. The van der Waals surface area contributed by atoms with Crippen molar-refractivity contribution in [2.24, 2.45) is 0 Å². The van der Waals surface area contributed by atoms with E-state index in [1.807, 2.05) is 17.4 Å². The van der Waals surface area contributed by atoms with E-state index >= 15 is 0 Å². The lowest BCUT2D eigenvalue weighted by Crippen LogP contribution is -2.10. The third kappa shape index (κ3) is 5.71. The zero-order chi connectivity index (χ0) is 37.7. The number of hydrogen-bond donors (Lipinski definition) is 0. The van der Waals surface area contributed by atoms with E-state index in [4.69, 9.17) is 4.42 Å². The van der Waals surface area contributed by atoms with Gasteiger partial charge in [-0.15, -0.1) is 11.3 Å². The molecule has 11 aromatic rings. The molecule has 57 heavy (non-hydrogen) atoms. The van der Waals surface area contributed by atoms with Gasteiger partial charge in [0.15, 0.2) is 5.58 Å². The van der Waals surface area contributed by atoms with E-state index in [-0.39, 0.29) is 0 Å². The third-order valence-electron chi connectivity index (χ3n) is 11.1. The van der Waals surface area contributed by atoms with Gasteiger partial charge in [0, 0.05) is 47.9 Å². The summed E-state index contributed by atoms with van der Waals surface area (Å²) in [7, 11) is 0. The third-order valence-corrected chi connectivity index (χ3v) is 12.3. The molecular formula is C54H35NOS. The first-order chi connectivity index (χ1) is 28.3. The molecule has 0 aliphatic rings. The first-order valence-corrected chi connectivity index (χ1v) is 20.2. The highest BCUT2D eigenvalue weighted by atomic mass is 32.1. The van der Waals surface area contributed by atoms with Gasteiger partial charge < -0.3 is 9.32 Å². The minimum absolute atomic E-state index is 0.859. The summed E-state index contributed by atoms with van der Waals surface area (Å²) in [5.41, 5.74) is 14.4. The molecule has 2 aromatic heterocycles. The van der Waals surface area contributed by atoms with Crippen LogP contribution in [0.4, 0.5) is 17.1 Å². The van der Waals surface area contributed by atoms with Crippen molar-refractivity contribution in [3.8, 4) is 44.5 Å². The van der Waals surface area contributed by atoms with Gasteiger partial charge in [-0.3, -0.25) is 0 Å². The summed E-state index contributed by atoms with van der Waals surface area (Å²) in [5, 5.41) is 4.80. The van der Waals surface area contributed by atoms with Crippen molar-refractivity contribution >= 4 is 70.5 Å². The molecule has 0 spiro atoms. The van der Waals surface area contributed by atoms with Crippen molar-refractivity contribution in [3.63, 3.8) is 0 Å². The van der Waals surface area contributed by atoms with Gasteiger partial charge in [0.05, 0.1) is 5.69 Å². The van der Waals surface area contributed by atoms with Crippen LogP contribution in [0.2, 0.25) is 0 Å². The predicted molar refractivity (Wildman–Crippen MR) is 243 cm³/mol. The maximum Gasteiger partial charge on any atom is 0.159 e. The molecule has 0 aliphatic carbocycles. The molecule has 0 bridgehead atoms. The second-order valence-electron chi connectivity index (χ2n) is 14.4. The van der Waals surface area contributed by atoms with Gasteiger partial charge in [-0.05, 0) is 81.4 Å². The van der Waals surface area contributed by atoms with Gasteiger partial charge in [0.25, 0.3) is 0 Å². The van der Waals surface area contributed by atoms with Crippen LogP contribution in [0.1, 0.15) is 0 Å². The van der Waals surface area contributed by atoms with Gasteiger partial charge in [-0.2, -0.15) is 0 Å². The summed E-state index contributed by atoms with van der Waals surface area (Å²) in [5.74, 6) is 0. The number of furan rings is 1. The smallest absolute Gasteiger partial charge is 0.159 e. The Morgan fingerprint density at radius 3 is 1.68 bits per heavy atom. The highest BCUT2D eigenvalue weighted by Gasteiger charge is 2.22. The summed E-state index contributed by atoms with van der Waals surface area (Å²) in [6.07, 6.45) is 0. The topological polar surface area (TPSA) is 16.4 Å². The van der Waals surface area contributed by atoms with Gasteiger partial charge >= 0.3 is 0 Å². The molecule has 0 aliphatic heterocycles. The Morgan fingerprint density at radius 1 is 0.351 bits per heavy atom. The molecule has 11 rings (SSSR count). The predicted octanol–water partition coefficient (Wildman–Crippen LogP) is 16.1. The number of hydrogen-bond acceptors (Lipinski definition) is 3. The van der Waals surface area contributed by atoms with E-state index in [9.17, 15) is 0 Å². The molecule has 0 saturated heterocycles. The summed E-state index contributed by atoms with van der Waals surface area (Å²) >= 11 is 1.87. The molecular weight excluding hydrogens is 711 g/mol. The number of anilines is 3. The Balaban J connectivity index is 1.12. The SMILES string of the molecule is c1ccc(-c2ccccc2-c2ccc(N(c3ccc(-c4cccc5c4sc4ccccc45)c(-c4ccccc4)c3)c3cccc4c3oc3ccccc34)cc2)cc1. The zero-order valence-corrected chi connectivity index (χ0v) is 31.8. The van der Waals surface area contributed by atoms with Gasteiger partial charge in [0.2, 0.25) is 0 Å². The molecule has 2 nitrogen and oxygen atoms in total. The number of benzene rings is 9. The van der Waals surface area contributed by atoms with E-state index in [0.717, 1.165) is 44.6 Å². The lowest BCUT2D eigenvalue weighted by molar-refractivity contribution is 0.669. The molecule has 268 valence electrons. The van der Waals surface area contributed by atoms with Crippen LogP contribution in [0.25, 0.3) is 86.6 Å². The minimum Gasteiger partial charge on any atom is -0.454 e. The molecule has 0 N–H and O–H groups in total. The largest absolute Gasteiger partial charge is 0.454 e. The Hall–Kier alpha value is -7.20. The molecule has 0 amide bonds. The molecule has 0 atom stereocenters. The highest BCUT2D eigenvalue weighted by molar-refractivity contribution is 7.26. The maximum absolute atomic E-state index is 6.71. The first-order valence-electron chi connectivity index (χ1n) is 19.3. The highest BCUT2D eigenvalue weighted by Crippen LogP contribution is 2.47. The van der Waals surface area contributed by atoms with Crippen molar-refractivity contribution < 1.29 is 4.42 Å². The summed E-state index contributed by atoms with van der Waals surface area (Å²) in [4.78, 5) is 2.35. The summed E-state index contributed by atoms with van der Waals surface area (Å²) in [6.45, 7) is 0. The van der Waals surface area contributed by atoms with Crippen LogP contribution >= 0.6 is 11.3 Å². The van der Waals surface area contributed by atoms with E-state index < -0.39 is 0 Å². The lowest BCUT2D eigenvalue weighted by Gasteiger charge is -2.27. The van der Waals surface area contributed by atoms with Crippen molar-refractivity contribution in [3.05, 3.63) is 212 Å². The number of rotatable bonds is 7. The molecule has 0 fully saturated rings. The molecule has 0 unspecified atom stereocenters. The van der Waals surface area contributed by atoms with Crippen LogP contribution in [0, 0.1) is 0 Å². The van der Waals surface area contributed by atoms with Gasteiger partial charge in [0.1, 0.15) is 5.58 Å². The minimum atomic E-state index is 0.859. The summed E-state index contributed by atoms with van der Waals surface area (Å²) in [6, 6.07) is 76.3. The monoisotopic (exact) mass is 745 g/mol. The second kappa shape index (κ2) is 13.8. The number of nitrogens with zero attached hydrogens (tertiary/aromatic N) is 1. The van der Waals surface area contributed by atoms with E-state index in [2.05, 4.69) is 211 Å². The van der Waals surface area contributed by atoms with Crippen LogP contribution in [-0.2, 0) is 0 Å². The number of fused-ring (bicyclic) bond motifs is 6. The fourth-order valence-electron chi connectivity index (χ4n) is 8.45. The fraction of sp³-hybridized carbons (Fsp3) is 0. The van der Waals surface area contributed by atoms with Crippen LogP contribution in [0.5, 0.6) is 0 Å². The molecule has 0 radical (unpaired) electrons. The van der Waals surface area contributed by atoms with E-state index in [0.29, 0.717) is 0 Å². The number of para-hydroxylation sites is 2.